The van der Waals surface area contributed by atoms with E-state index in [1.807, 2.05) is 0 Å². The Bertz CT molecular complexity index is 362. The van der Waals surface area contributed by atoms with Gasteiger partial charge >= 0.3 is 0 Å². The van der Waals surface area contributed by atoms with Gasteiger partial charge in [-0.2, -0.15) is 0 Å². The van der Waals surface area contributed by atoms with Crippen LogP contribution in [0.5, 0.6) is 0 Å². The number of rotatable bonds is 3. The van der Waals surface area contributed by atoms with Crippen molar-refractivity contribution in [1.82, 2.24) is 9.97 Å². The highest BCUT2D eigenvalue weighted by Gasteiger charge is 2.31. The maximum absolute atomic E-state index is 5.67. The van der Waals surface area contributed by atoms with E-state index < -0.39 is 0 Å². The average Bonchev–Trinajstić information content (AvgIpc) is 2.17. The predicted octanol–water partition coefficient (Wildman–Crippen LogP) is 2.42. The Balaban J connectivity index is 2.01. The van der Waals surface area contributed by atoms with Gasteiger partial charge in [0, 0.05) is 6.54 Å². The van der Waals surface area contributed by atoms with Gasteiger partial charge in [0.1, 0.15) is 22.4 Å². The SMILES string of the molecule is CC1(CNc2ncnc(N)c2Br)CCC1. The molecule has 0 radical (unpaired) electrons. The van der Waals surface area contributed by atoms with Crippen LogP contribution in [-0.2, 0) is 0 Å². The van der Waals surface area contributed by atoms with Crippen LogP contribution in [0.2, 0.25) is 0 Å². The second-order valence-electron chi connectivity index (χ2n) is 4.44. The Hall–Kier alpha value is -0.840. The van der Waals surface area contributed by atoms with Crippen LogP contribution >= 0.6 is 15.9 Å². The number of nitrogen functional groups attached to an aromatic ring is 1. The lowest BCUT2D eigenvalue weighted by atomic mass is 9.70. The fourth-order valence-corrected chi connectivity index (χ4v) is 2.11. The summed E-state index contributed by atoms with van der Waals surface area (Å²) in [5.41, 5.74) is 6.10. The molecular weight excluding hydrogens is 256 g/mol. The van der Waals surface area contributed by atoms with Crippen LogP contribution < -0.4 is 11.1 Å². The number of nitrogens with zero attached hydrogens (tertiary/aromatic N) is 2. The standard InChI is InChI=1S/C10H15BrN4/c1-10(3-2-4-10)5-13-9-7(11)8(12)14-6-15-9/h6H,2-5H2,1H3,(H3,12,13,14,15). The van der Waals surface area contributed by atoms with Crippen LogP contribution in [0.3, 0.4) is 0 Å². The quantitative estimate of drug-likeness (QED) is 0.886. The Labute approximate surface area is 97.8 Å². The Kier molecular flexibility index (Phi) is 2.82. The third-order valence-corrected chi connectivity index (χ3v) is 3.84. The highest BCUT2D eigenvalue weighted by atomic mass is 79.9. The van der Waals surface area contributed by atoms with Crippen LogP contribution in [-0.4, -0.2) is 16.5 Å². The van der Waals surface area contributed by atoms with E-state index in [1.165, 1.54) is 25.6 Å². The minimum atomic E-state index is 0.430. The Morgan fingerprint density at radius 1 is 1.53 bits per heavy atom. The number of nitrogens with one attached hydrogen (secondary N) is 1. The highest BCUT2D eigenvalue weighted by molar-refractivity contribution is 9.10. The number of aromatic nitrogens is 2. The van der Waals surface area contributed by atoms with Crippen LogP contribution in [0.25, 0.3) is 0 Å². The summed E-state index contributed by atoms with van der Waals surface area (Å²) in [5, 5.41) is 3.32. The van der Waals surface area contributed by atoms with Gasteiger partial charge in [0.05, 0.1) is 0 Å². The fourth-order valence-electron chi connectivity index (χ4n) is 1.76. The van der Waals surface area contributed by atoms with Crippen molar-refractivity contribution in [3.05, 3.63) is 10.8 Å². The molecule has 1 fully saturated rings. The van der Waals surface area contributed by atoms with E-state index in [2.05, 4.69) is 38.1 Å². The summed E-state index contributed by atoms with van der Waals surface area (Å²) in [5.74, 6) is 1.27. The minimum Gasteiger partial charge on any atom is -0.383 e. The van der Waals surface area contributed by atoms with Crippen LogP contribution in [0, 0.1) is 5.41 Å². The van der Waals surface area contributed by atoms with Gasteiger partial charge in [0.2, 0.25) is 0 Å². The van der Waals surface area contributed by atoms with E-state index in [0.29, 0.717) is 11.2 Å². The number of hydrogen-bond donors (Lipinski definition) is 2. The molecule has 3 N–H and O–H groups in total. The summed E-state index contributed by atoms with van der Waals surface area (Å²) >= 11 is 3.38. The van der Waals surface area contributed by atoms with Gasteiger partial charge in [-0.05, 0) is 34.2 Å². The van der Waals surface area contributed by atoms with E-state index in [1.54, 1.807) is 0 Å². The Morgan fingerprint density at radius 3 is 2.87 bits per heavy atom. The number of halogens is 1. The van der Waals surface area contributed by atoms with Gasteiger partial charge in [-0.3, -0.25) is 0 Å². The van der Waals surface area contributed by atoms with Crippen molar-refractivity contribution in [2.24, 2.45) is 5.41 Å². The zero-order chi connectivity index (χ0) is 10.9. The molecule has 15 heavy (non-hydrogen) atoms. The minimum absolute atomic E-state index is 0.430. The molecule has 0 unspecified atom stereocenters. The van der Waals surface area contributed by atoms with E-state index in [0.717, 1.165) is 16.8 Å². The smallest absolute Gasteiger partial charge is 0.145 e. The van der Waals surface area contributed by atoms with Crippen LogP contribution in [0.4, 0.5) is 11.6 Å². The lowest BCUT2D eigenvalue weighted by Gasteiger charge is -2.38. The molecule has 0 amide bonds. The van der Waals surface area contributed by atoms with Crippen molar-refractivity contribution < 1.29 is 0 Å². The molecule has 1 saturated carbocycles. The summed E-state index contributed by atoms with van der Waals surface area (Å²) in [7, 11) is 0. The lowest BCUT2D eigenvalue weighted by molar-refractivity contribution is 0.180. The van der Waals surface area contributed by atoms with Crippen molar-refractivity contribution in [3.8, 4) is 0 Å². The third-order valence-electron chi connectivity index (χ3n) is 3.06. The first kappa shape index (κ1) is 10.7. The second kappa shape index (κ2) is 3.96. The molecule has 0 spiro atoms. The maximum atomic E-state index is 5.67. The van der Waals surface area contributed by atoms with Crippen molar-refractivity contribution in [2.75, 3.05) is 17.6 Å². The normalized spacial score (nSPS) is 18.3. The van der Waals surface area contributed by atoms with Crippen LogP contribution in [0.15, 0.2) is 10.8 Å². The molecule has 0 saturated heterocycles. The van der Waals surface area contributed by atoms with Crippen molar-refractivity contribution in [2.45, 2.75) is 26.2 Å². The lowest BCUT2D eigenvalue weighted by Crippen LogP contribution is -2.33. The molecule has 0 bridgehead atoms. The summed E-state index contributed by atoms with van der Waals surface area (Å²) in [6, 6.07) is 0. The molecular formula is C10H15BrN4. The molecule has 1 aromatic rings. The molecule has 82 valence electrons. The zero-order valence-electron chi connectivity index (χ0n) is 8.76. The number of hydrogen-bond acceptors (Lipinski definition) is 4. The number of nitrogens with two attached hydrogens (primary N) is 1. The van der Waals surface area contributed by atoms with E-state index in [-0.39, 0.29) is 0 Å². The molecule has 1 aliphatic carbocycles. The summed E-state index contributed by atoms with van der Waals surface area (Å²) in [6.07, 6.45) is 5.40. The molecule has 0 aliphatic heterocycles. The van der Waals surface area contributed by atoms with Crippen LogP contribution in [0.1, 0.15) is 26.2 Å². The summed E-state index contributed by atoms with van der Waals surface area (Å²) < 4.78 is 0.757. The molecule has 1 aliphatic rings. The van der Waals surface area contributed by atoms with Gasteiger partial charge in [0.25, 0.3) is 0 Å². The first-order valence-electron chi connectivity index (χ1n) is 5.11. The molecule has 2 rings (SSSR count). The van der Waals surface area contributed by atoms with E-state index >= 15 is 0 Å². The monoisotopic (exact) mass is 270 g/mol. The average molecular weight is 271 g/mol. The summed E-state index contributed by atoms with van der Waals surface area (Å²) in [4.78, 5) is 8.05. The third kappa shape index (κ3) is 2.22. The zero-order valence-corrected chi connectivity index (χ0v) is 10.3. The fraction of sp³-hybridized carbons (Fsp3) is 0.600. The number of anilines is 2. The molecule has 4 nitrogen and oxygen atoms in total. The van der Waals surface area contributed by atoms with E-state index in [4.69, 9.17) is 5.73 Å². The largest absolute Gasteiger partial charge is 0.383 e. The highest BCUT2D eigenvalue weighted by Crippen LogP contribution is 2.40. The van der Waals surface area contributed by atoms with Crippen molar-refractivity contribution in [1.29, 1.82) is 0 Å². The summed E-state index contributed by atoms with van der Waals surface area (Å²) in [6.45, 7) is 3.24. The molecule has 1 aromatic heterocycles. The van der Waals surface area contributed by atoms with Gasteiger partial charge in [-0.25, -0.2) is 9.97 Å². The van der Waals surface area contributed by atoms with Crippen molar-refractivity contribution in [3.63, 3.8) is 0 Å². The predicted molar refractivity (Wildman–Crippen MR) is 64.6 cm³/mol. The first-order valence-corrected chi connectivity index (χ1v) is 5.90. The van der Waals surface area contributed by atoms with Gasteiger partial charge in [0.15, 0.2) is 0 Å². The second-order valence-corrected chi connectivity index (χ2v) is 5.23. The molecule has 0 atom stereocenters. The topological polar surface area (TPSA) is 63.8 Å². The van der Waals surface area contributed by atoms with Gasteiger partial charge in [-0.15, -0.1) is 0 Å². The molecule has 1 heterocycles. The van der Waals surface area contributed by atoms with Gasteiger partial charge < -0.3 is 11.1 Å². The van der Waals surface area contributed by atoms with E-state index in [9.17, 15) is 0 Å². The molecule has 0 aromatic carbocycles. The van der Waals surface area contributed by atoms with Gasteiger partial charge in [-0.1, -0.05) is 13.3 Å². The first-order chi connectivity index (χ1) is 7.11. The maximum Gasteiger partial charge on any atom is 0.145 e. The Morgan fingerprint density at radius 2 is 2.27 bits per heavy atom. The van der Waals surface area contributed by atoms with Crippen molar-refractivity contribution >= 4 is 27.6 Å². The molecule has 5 heteroatoms.